The predicted octanol–water partition coefficient (Wildman–Crippen LogP) is 5.44. The molecule has 2 aromatic rings. The summed E-state index contributed by atoms with van der Waals surface area (Å²) >= 11 is 0. The van der Waals surface area contributed by atoms with E-state index in [2.05, 4.69) is 69.1 Å². The molecule has 0 amide bonds. The van der Waals surface area contributed by atoms with Gasteiger partial charge < -0.3 is 4.90 Å². The van der Waals surface area contributed by atoms with Crippen LogP contribution < -0.4 is 0 Å². The zero-order chi connectivity index (χ0) is 16.9. The molecule has 1 saturated carbocycles. The molecule has 4 rings (SSSR count). The van der Waals surface area contributed by atoms with Crippen LogP contribution in [0.15, 0.2) is 41.4 Å². The second kappa shape index (κ2) is 5.47. The third-order valence-electron chi connectivity index (χ3n) is 6.12. The van der Waals surface area contributed by atoms with Crippen molar-refractivity contribution in [2.24, 2.45) is 4.99 Å². The number of hydrogen-bond acceptors (Lipinski definition) is 2. The summed E-state index contributed by atoms with van der Waals surface area (Å²) in [7, 11) is 2.14. The number of para-hydroxylation sites is 1. The lowest BCUT2D eigenvalue weighted by Crippen LogP contribution is -2.44. The van der Waals surface area contributed by atoms with Crippen LogP contribution in [-0.2, 0) is 5.54 Å². The van der Waals surface area contributed by atoms with E-state index < -0.39 is 0 Å². The molecule has 0 bridgehead atoms. The third-order valence-corrected chi connectivity index (χ3v) is 6.12. The quantitative estimate of drug-likeness (QED) is 0.720. The fourth-order valence-electron chi connectivity index (χ4n) is 4.19. The maximum atomic E-state index is 4.85. The molecule has 2 heteroatoms. The summed E-state index contributed by atoms with van der Waals surface area (Å²) in [5.74, 6) is 0.698. The van der Waals surface area contributed by atoms with Crippen LogP contribution in [0.5, 0.6) is 0 Å². The van der Waals surface area contributed by atoms with Crippen molar-refractivity contribution in [1.82, 2.24) is 4.90 Å². The van der Waals surface area contributed by atoms with Crippen LogP contribution in [0.4, 0.5) is 5.69 Å². The molecular weight excluding hydrogens is 292 g/mol. The minimum atomic E-state index is -0.174. The van der Waals surface area contributed by atoms with E-state index in [-0.39, 0.29) is 5.54 Å². The SMILES string of the molecule is Cc1ccc(C)c(C2(C)c3cccc(C4CCC4)c3N=CN2C)c1. The number of benzene rings is 2. The number of fused-ring (bicyclic) bond motifs is 1. The molecule has 0 N–H and O–H groups in total. The molecule has 2 nitrogen and oxygen atoms in total. The number of hydrogen-bond donors (Lipinski definition) is 0. The zero-order valence-electron chi connectivity index (χ0n) is 15.1. The van der Waals surface area contributed by atoms with Gasteiger partial charge in [0.25, 0.3) is 0 Å². The van der Waals surface area contributed by atoms with Gasteiger partial charge in [0.2, 0.25) is 0 Å². The van der Waals surface area contributed by atoms with Gasteiger partial charge in [-0.3, -0.25) is 0 Å². The van der Waals surface area contributed by atoms with Crippen molar-refractivity contribution in [2.45, 2.75) is 51.5 Å². The van der Waals surface area contributed by atoms with Gasteiger partial charge >= 0.3 is 0 Å². The van der Waals surface area contributed by atoms with Crippen molar-refractivity contribution in [3.8, 4) is 0 Å². The molecule has 24 heavy (non-hydrogen) atoms. The van der Waals surface area contributed by atoms with Crippen LogP contribution in [-0.4, -0.2) is 18.3 Å². The monoisotopic (exact) mass is 318 g/mol. The van der Waals surface area contributed by atoms with Crippen molar-refractivity contribution < 1.29 is 0 Å². The predicted molar refractivity (Wildman–Crippen MR) is 101 cm³/mol. The van der Waals surface area contributed by atoms with E-state index in [9.17, 15) is 0 Å². The summed E-state index contributed by atoms with van der Waals surface area (Å²) in [6.45, 7) is 6.73. The molecule has 0 spiro atoms. The van der Waals surface area contributed by atoms with Gasteiger partial charge in [0.05, 0.1) is 17.6 Å². The lowest BCUT2D eigenvalue weighted by atomic mass is 9.74. The van der Waals surface area contributed by atoms with Crippen LogP contribution in [0.25, 0.3) is 0 Å². The summed E-state index contributed by atoms with van der Waals surface area (Å²) < 4.78 is 0. The molecule has 1 aliphatic carbocycles. The maximum Gasteiger partial charge on any atom is 0.0919 e. The summed E-state index contributed by atoms with van der Waals surface area (Å²) in [5.41, 5.74) is 7.85. The minimum absolute atomic E-state index is 0.174. The zero-order valence-corrected chi connectivity index (χ0v) is 15.1. The Labute approximate surface area is 145 Å². The lowest BCUT2D eigenvalue weighted by Gasteiger charge is -2.44. The Balaban J connectivity index is 1.94. The number of aliphatic imine (C=N–C) groups is 1. The smallest absolute Gasteiger partial charge is 0.0919 e. The van der Waals surface area contributed by atoms with Crippen molar-refractivity contribution in [1.29, 1.82) is 0 Å². The van der Waals surface area contributed by atoms with Crippen molar-refractivity contribution >= 4 is 12.0 Å². The number of nitrogens with zero attached hydrogens (tertiary/aromatic N) is 2. The highest BCUT2D eigenvalue weighted by atomic mass is 15.2. The summed E-state index contributed by atoms with van der Waals surface area (Å²) in [5, 5.41) is 0. The second-order valence-corrected chi connectivity index (χ2v) is 7.62. The standard InChI is InChI=1S/C22H26N2/c1-15-11-12-16(2)20(13-15)22(3)19-10-6-9-18(17-7-5-8-17)21(19)23-14-24(22)4/h6,9-14,17H,5,7-8H2,1-4H3. The molecule has 2 aromatic carbocycles. The van der Waals surface area contributed by atoms with E-state index >= 15 is 0 Å². The average Bonchev–Trinajstić information content (AvgIpc) is 2.52. The van der Waals surface area contributed by atoms with E-state index in [4.69, 9.17) is 4.99 Å². The number of aryl methyl sites for hydroxylation is 2. The van der Waals surface area contributed by atoms with Crippen molar-refractivity contribution in [2.75, 3.05) is 7.05 Å². The van der Waals surface area contributed by atoms with E-state index in [0.717, 1.165) is 0 Å². The third kappa shape index (κ3) is 2.12. The van der Waals surface area contributed by atoms with Crippen molar-refractivity contribution in [3.05, 3.63) is 64.2 Å². The highest BCUT2D eigenvalue weighted by Gasteiger charge is 2.39. The first-order chi connectivity index (χ1) is 11.5. The molecule has 124 valence electrons. The highest BCUT2D eigenvalue weighted by Crippen LogP contribution is 2.49. The van der Waals surface area contributed by atoms with Gasteiger partial charge in [-0.2, -0.15) is 0 Å². The van der Waals surface area contributed by atoms with Gasteiger partial charge in [-0.05, 0) is 56.2 Å². The Hall–Kier alpha value is -2.09. The van der Waals surface area contributed by atoms with Gasteiger partial charge in [-0.1, -0.05) is 48.4 Å². The topological polar surface area (TPSA) is 15.6 Å². The summed E-state index contributed by atoms with van der Waals surface area (Å²) in [6.07, 6.45) is 5.99. The van der Waals surface area contributed by atoms with E-state index in [1.165, 1.54) is 52.8 Å². The first-order valence-electron chi connectivity index (χ1n) is 9.00. The summed E-state index contributed by atoms with van der Waals surface area (Å²) in [6, 6.07) is 13.6. The van der Waals surface area contributed by atoms with Crippen LogP contribution in [0.3, 0.4) is 0 Å². The van der Waals surface area contributed by atoms with Gasteiger partial charge in [-0.25, -0.2) is 4.99 Å². The largest absolute Gasteiger partial charge is 0.352 e. The molecule has 1 fully saturated rings. The molecule has 1 heterocycles. The van der Waals surface area contributed by atoms with Gasteiger partial charge in [0, 0.05) is 12.6 Å². The van der Waals surface area contributed by atoms with Crippen LogP contribution in [0, 0.1) is 13.8 Å². The molecule has 1 atom stereocenters. The normalized spacial score (nSPS) is 23.1. The first-order valence-corrected chi connectivity index (χ1v) is 9.00. The van der Waals surface area contributed by atoms with Crippen LogP contribution in [0.2, 0.25) is 0 Å². The van der Waals surface area contributed by atoms with E-state index in [1.807, 2.05) is 6.34 Å². The van der Waals surface area contributed by atoms with Crippen LogP contribution in [0.1, 0.15) is 59.9 Å². The number of rotatable bonds is 2. The van der Waals surface area contributed by atoms with Gasteiger partial charge in [-0.15, -0.1) is 0 Å². The molecule has 1 aliphatic heterocycles. The maximum absolute atomic E-state index is 4.85. The van der Waals surface area contributed by atoms with Crippen molar-refractivity contribution in [3.63, 3.8) is 0 Å². The molecule has 0 aromatic heterocycles. The summed E-state index contributed by atoms with van der Waals surface area (Å²) in [4.78, 5) is 7.12. The Kier molecular flexibility index (Phi) is 3.52. The Morgan fingerprint density at radius 3 is 2.58 bits per heavy atom. The Bertz CT molecular complexity index is 817. The van der Waals surface area contributed by atoms with E-state index in [0.29, 0.717) is 5.92 Å². The van der Waals surface area contributed by atoms with Crippen LogP contribution >= 0.6 is 0 Å². The molecule has 1 unspecified atom stereocenters. The molecule has 0 radical (unpaired) electrons. The molecule has 0 saturated heterocycles. The van der Waals surface area contributed by atoms with E-state index in [1.54, 1.807) is 0 Å². The molecular formula is C22H26N2. The Morgan fingerprint density at radius 2 is 1.88 bits per heavy atom. The van der Waals surface area contributed by atoms with Gasteiger partial charge in [0.1, 0.15) is 0 Å². The fourth-order valence-corrected chi connectivity index (χ4v) is 4.19. The molecule has 2 aliphatic rings. The lowest BCUT2D eigenvalue weighted by molar-refractivity contribution is 0.290. The highest BCUT2D eigenvalue weighted by molar-refractivity contribution is 5.74. The average molecular weight is 318 g/mol. The first kappa shape index (κ1) is 15.4. The van der Waals surface area contributed by atoms with Gasteiger partial charge in [0.15, 0.2) is 0 Å². The minimum Gasteiger partial charge on any atom is -0.352 e. The fraction of sp³-hybridized carbons (Fsp3) is 0.409. The second-order valence-electron chi connectivity index (χ2n) is 7.62. The Morgan fingerprint density at radius 1 is 1.08 bits per heavy atom.